The van der Waals surface area contributed by atoms with Crippen LogP contribution in [0, 0.1) is 38.0 Å². The van der Waals surface area contributed by atoms with Crippen LogP contribution in [0.15, 0.2) is 96.2 Å². The number of allylic oxidation sites excluding steroid dienone is 1. The predicted octanol–water partition coefficient (Wildman–Crippen LogP) is 14.3. The van der Waals surface area contributed by atoms with Crippen molar-refractivity contribution in [1.29, 1.82) is 0 Å². The first-order chi connectivity index (χ1) is 34.2. The molecule has 0 amide bonds. The van der Waals surface area contributed by atoms with E-state index in [4.69, 9.17) is 24.2 Å². The third-order valence-electron chi connectivity index (χ3n) is 14.3. The number of rotatable bonds is 34. The van der Waals surface area contributed by atoms with Crippen LogP contribution in [0.1, 0.15) is 159 Å². The van der Waals surface area contributed by atoms with Crippen molar-refractivity contribution in [2.45, 2.75) is 165 Å². The van der Waals surface area contributed by atoms with E-state index in [1.54, 1.807) is 30.3 Å². The van der Waals surface area contributed by atoms with Gasteiger partial charge in [0.05, 0.1) is 39.4 Å². The number of aliphatic hydroxyl groups excluding tert-OH is 2. The van der Waals surface area contributed by atoms with E-state index in [0.717, 1.165) is 66.7 Å². The standard InChI is InChI=1S/C56H77N3O10S/c1-3-5-6-7-8-9-10-11-12-13-14-15-16-21-36-70-53-40-51(57-67-41-42-27-29-44(30-28-42)58(62)63)49-37-43(23-17-19-33-60)48(26-18-20-34-61)54-50-39-47(68-46-25-22-24-45(38-46)59(64)65)31-32-52(50)69-56(53,55(49)54)66-35-4-2/h4,22,24-25,27-32,37-39,43,48,53-55,60-61H,2-3,5-21,23,26,33-36,40-41H2,1H3. The molecule has 3 aliphatic rings. The molecule has 382 valence electrons. The van der Waals surface area contributed by atoms with Crippen LogP contribution in [0.4, 0.5) is 11.4 Å². The van der Waals surface area contributed by atoms with Crippen molar-refractivity contribution in [2.75, 3.05) is 25.6 Å². The number of aliphatic hydroxyl groups is 2. The smallest absolute Gasteiger partial charge is 0.273 e. The summed E-state index contributed by atoms with van der Waals surface area (Å²) in [6.45, 7) is 6.90. The highest BCUT2D eigenvalue weighted by Crippen LogP contribution is 2.63. The fraction of sp³-hybridized carbons (Fsp3) is 0.589. The maximum absolute atomic E-state index is 11.7. The van der Waals surface area contributed by atoms with Gasteiger partial charge in [-0.25, -0.2) is 0 Å². The van der Waals surface area contributed by atoms with E-state index >= 15 is 0 Å². The zero-order valence-electron chi connectivity index (χ0n) is 41.4. The number of nitrogens with zero attached hydrogens (tertiary/aromatic N) is 3. The number of non-ortho nitro benzene ring substituents is 2. The third kappa shape index (κ3) is 15.1. The number of nitro groups is 2. The normalized spacial score (nSPS) is 21.8. The average Bonchev–Trinajstić information content (AvgIpc) is 3.36. The summed E-state index contributed by atoms with van der Waals surface area (Å²) >= 11 is 1.86. The van der Waals surface area contributed by atoms with Crippen LogP contribution in [-0.4, -0.2) is 62.4 Å². The Kier molecular flexibility index (Phi) is 22.6. The predicted molar refractivity (Wildman–Crippen MR) is 279 cm³/mol. The second-order valence-electron chi connectivity index (χ2n) is 19.3. The minimum Gasteiger partial charge on any atom is -0.460 e. The van der Waals surface area contributed by atoms with Gasteiger partial charge in [-0.2, -0.15) is 11.8 Å². The van der Waals surface area contributed by atoms with E-state index in [-0.39, 0.29) is 66.7 Å². The molecule has 1 aliphatic heterocycles. The summed E-state index contributed by atoms with van der Waals surface area (Å²) < 4.78 is 20.8. The van der Waals surface area contributed by atoms with E-state index in [1.807, 2.05) is 30.0 Å². The Bertz CT molecular complexity index is 2170. The van der Waals surface area contributed by atoms with Crippen molar-refractivity contribution in [3.05, 3.63) is 122 Å². The summed E-state index contributed by atoms with van der Waals surface area (Å²) in [5, 5.41) is 47.7. The summed E-state index contributed by atoms with van der Waals surface area (Å²) in [6, 6.07) is 18.3. The van der Waals surface area contributed by atoms with Crippen molar-refractivity contribution in [2.24, 2.45) is 22.9 Å². The Labute approximate surface area is 419 Å². The quantitative estimate of drug-likeness (QED) is 0.0252. The lowest BCUT2D eigenvalue weighted by molar-refractivity contribution is -0.385. The Morgan fingerprint density at radius 3 is 2.07 bits per heavy atom. The Morgan fingerprint density at radius 1 is 0.786 bits per heavy atom. The number of nitro benzene ring substituents is 2. The lowest BCUT2D eigenvalue weighted by Crippen LogP contribution is -2.64. The van der Waals surface area contributed by atoms with E-state index in [9.17, 15) is 30.4 Å². The first-order valence-corrected chi connectivity index (χ1v) is 27.3. The molecule has 2 N–H and O–H groups in total. The van der Waals surface area contributed by atoms with Gasteiger partial charge in [0.1, 0.15) is 23.9 Å². The lowest BCUT2D eigenvalue weighted by atomic mass is 9.56. The van der Waals surface area contributed by atoms with Crippen LogP contribution in [0.25, 0.3) is 0 Å². The number of oxime groups is 1. The SMILES string of the molecule is C=CCOC12Oc3ccc(Oc4cccc([N+](=O)[O-])c4)cc3C3C(CCCCO)C(CCCCO)C=C(C(=NOCc4ccc([N+](=O)[O-])cc4)CC1SCCCCCCCCCCCCCCCC)C32. The molecular formula is C56H77N3O10S. The molecule has 2 aliphatic carbocycles. The Morgan fingerprint density at radius 2 is 1.43 bits per heavy atom. The molecule has 0 saturated heterocycles. The molecule has 0 radical (unpaired) electrons. The molecule has 1 heterocycles. The van der Waals surface area contributed by atoms with E-state index in [1.165, 1.54) is 101 Å². The van der Waals surface area contributed by atoms with Gasteiger partial charge in [0.2, 0.25) is 5.79 Å². The van der Waals surface area contributed by atoms with Crippen LogP contribution >= 0.6 is 11.8 Å². The molecule has 3 aromatic rings. The number of fused-ring (bicyclic) bond motifs is 2. The highest BCUT2D eigenvalue weighted by molar-refractivity contribution is 8.00. The first-order valence-electron chi connectivity index (χ1n) is 26.2. The number of hydrogen-bond donors (Lipinski definition) is 2. The molecule has 70 heavy (non-hydrogen) atoms. The molecule has 6 rings (SSSR count). The maximum Gasteiger partial charge on any atom is 0.273 e. The fourth-order valence-electron chi connectivity index (χ4n) is 10.8. The number of ether oxygens (including phenoxy) is 3. The van der Waals surface area contributed by atoms with Crippen LogP contribution in [-0.2, 0) is 16.2 Å². The highest BCUT2D eigenvalue weighted by Gasteiger charge is 2.64. The summed E-state index contributed by atoms with van der Waals surface area (Å²) in [5.41, 5.74) is 3.45. The van der Waals surface area contributed by atoms with Gasteiger partial charge in [-0.15, -0.1) is 6.58 Å². The van der Waals surface area contributed by atoms with Crippen molar-refractivity contribution in [3.63, 3.8) is 0 Å². The zero-order chi connectivity index (χ0) is 49.6. The molecule has 3 aromatic carbocycles. The van der Waals surface area contributed by atoms with Gasteiger partial charge < -0.3 is 29.3 Å². The molecule has 14 heteroatoms. The van der Waals surface area contributed by atoms with Crippen molar-refractivity contribution in [1.82, 2.24) is 0 Å². The molecule has 1 fully saturated rings. The second-order valence-corrected chi connectivity index (χ2v) is 20.6. The van der Waals surface area contributed by atoms with Crippen LogP contribution in [0.3, 0.4) is 0 Å². The lowest BCUT2D eigenvalue weighted by Gasteiger charge is -2.58. The highest BCUT2D eigenvalue weighted by atomic mass is 32.2. The number of benzene rings is 3. The minimum atomic E-state index is -1.12. The zero-order valence-corrected chi connectivity index (χ0v) is 42.2. The van der Waals surface area contributed by atoms with Gasteiger partial charge in [0.15, 0.2) is 0 Å². The third-order valence-corrected chi connectivity index (χ3v) is 15.7. The Balaban J connectivity index is 1.32. The van der Waals surface area contributed by atoms with Crippen LogP contribution in [0.5, 0.6) is 17.2 Å². The van der Waals surface area contributed by atoms with Crippen molar-refractivity contribution >= 4 is 28.8 Å². The number of hydrogen-bond acceptors (Lipinski definition) is 12. The van der Waals surface area contributed by atoms with Gasteiger partial charge in [0.25, 0.3) is 11.4 Å². The van der Waals surface area contributed by atoms with Gasteiger partial charge in [-0.1, -0.05) is 127 Å². The molecule has 6 atom stereocenters. The van der Waals surface area contributed by atoms with E-state index in [0.29, 0.717) is 36.5 Å². The molecule has 1 saturated carbocycles. The van der Waals surface area contributed by atoms with E-state index < -0.39 is 15.6 Å². The van der Waals surface area contributed by atoms with Crippen molar-refractivity contribution in [3.8, 4) is 17.2 Å². The summed E-state index contributed by atoms with van der Waals surface area (Å²) in [6.07, 6.45) is 27.3. The fourth-order valence-corrected chi connectivity index (χ4v) is 12.2. The van der Waals surface area contributed by atoms with Gasteiger partial charge >= 0.3 is 0 Å². The largest absolute Gasteiger partial charge is 0.460 e. The van der Waals surface area contributed by atoms with Gasteiger partial charge in [0, 0.05) is 49.3 Å². The second kappa shape index (κ2) is 28.9. The van der Waals surface area contributed by atoms with E-state index in [2.05, 4.69) is 19.6 Å². The molecule has 0 aromatic heterocycles. The van der Waals surface area contributed by atoms with Gasteiger partial charge in [-0.05, 0) is 97.2 Å². The molecule has 0 spiro atoms. The summed E-state index contributed by atoms with van der Waals surface area (Å²) in [7, 11) is 0. The summed E-state index contributed by atoms with van der Waals surface area (Å²) in [4.78, 5) is 28.4. The molecule has 0 bridgehead atoms. The first kappa shape index (κ1) is 54.6. The minimum absolute atomic E-state index is 0.00674. The topological polar surface area (TPSA) is 176 Å². The van der Waals surface area contributed by atoms with Crippen molar-refractivity contribution < 1.29 is 39.1 Å². The molecular weight excluding hydrogens is 907 g/mol. The summed E-state index contributed by atoms with van der Waals surface area (Å²) in [5.74, 6) is 0.991. The maximum atomic E-state index is 11.7. The molecule has 13 nitrogen and oxygen atoms in total. The average molecular weight is 984 g/mol. The van der Waals surface area contributed by atoms with Gasteiger partial charge in [-0.3, -0.25) is 20.2 Å². The number of unbranched alkanes of at least 4 members (excludes halogenated alkanes) is 15. The monoisotopic (exact) mass is 984 g/mol. The molecule has 6 unspecified atom stereocenters. The Hall–Kier alpha value is -4.76. The van der Waals surface area contributed by atoms with Crippen LogP contribution in [0.2, 0.25) is 0 Å². The number of thioether (sulfide) groups is 1. The van der Waals surface area contributed by atoms with Crippen LogP contribution < -0.4 is 9.47 Å².